The number of hydrogen-bond donors (Lipinski definition) is 5. The molecule has 0 bridgehead atoms. The molecule has 7 rings (SSSR count). The largest absolute Gasteiger partial charge is 0.507 e. The Labute approximate surface area is 595 Å². The minimum Gasteiger partial charge on any atom is -0.507 e. The Balaban J connectivity index is 1.52. The molecule has 0 aromatic heterocycles. The van der Waals surface area contributed by atoms with Crippen molar-refractivity contribution in [2.24, 2.45) is 0 Å². The highest BCUT2D eigenvalue weighted by atomic mass is 16.6. The molecule has 0 amide bonds. The van der Waals surface area contributed by atoms with E-state index in [4.69, 9.17) is 24.7 Å². The van der Waals surface area contributed by atoms with Gasteiger partial charge >= 0.3 is 23.9 Å². The average molecular weight is 1370 g/mol. The zero-order valence-electron chi connectivity index (χ0n) is 64.1. The van der Waals surface area contributed by atoms with Crippen LogP contribution in [0.1, 0.15) is 259 Å². The van der Waals surface area contributed by atoms with Gasteiger partial charge in [0, 0.05) is 37.1 Å². The molecule has 0 radical (unpaired) electrons. The molecule has 0 saturated carbocycles. The number of rotatable bonds is 19. The van der Waals surface area contributed by atoms with Gasteiger partial charge in [0.15, 0.2) is 0 Å². The van der Waals surface area contributed by atoms with Crippen LogP contribution in [0.5, 0.6) is 46.0 Å². The third-order valence-electron chi connectivity index (χ3n) is 18.1. The van der Waals surface area contributed by atoms with Crippen molar-refractivity contribution in [1.82, 2.24) is 0 Å². The molecule has 7 aromatic rings. The molecule has 0 unspecified atom stereocenters. The number of nitrogen functional groups attached to an aromatic ring is 1. The second kappa shape index (κ2) is 29.4. The molecule has 100 heavy (non-hydrogen) atoms. The van der Waals surface area contributed by atoms with Crippen LogP contribution in [-0.2, 0) is 88.2 Å². The number of carbonyl (C=O) groups excluding carboxylic acids is 4. The normalized spacial score (nSPS) is 12.7. The van der Waals surface area contributed by atoms with Crippen molar-refractivity contribution in [1.29, 1.82) is 0 Å². The van der Waals surface area contributed by atoms with Crippen LogP contribution in [0.15, 0.2) is 109 Å². The lowest BCUT2D eigenvalue weighted by atomic mass is 9.78. The minimum absolute atomic E-state index is 0.129. The van der Waals surface area contributed by atoms with E-state index < -0.39 is 95.9 Å². The molecule has 14 nitrogen and oxygen atoms in total. The van der Waals surface area contributed by atoms with Gasteiger partial charge in [0.1, 0.15) is 34.4 Å². The fourth-order valence-electron chi connectivity index (χ4n) is 12.4. The van der Waals surface area contributed by atoms with E-state index in [1.165, 1.54) is 0 Å². The van der Waals surface area contributed by atoms with Crippen LogP contribution >= 0.6 is 0 Å². The molecule has 0 aliphatic carbocycles. The zero-order chi connectivity index (χ0) is 75.0. The molecule has 0 fully saturated rings. The lowest BCUT2D eigenvalue weighted by Crippen LogP contribution is -2.22. The smallest absolute Gasteiger partial charge is 0.311 e. The Morgan fingerprint density at radius 1 is 0.310 bits per heavy atom. The van der Waals surface area contributed by atoms with E-state index in [0.29, 0.717) is 55.9 Å². The van der Waals surface area contributed by atoms with Crippen molar-refractivity contribution in [3.8, 4) is 46.0 Å². The van der Waals surface area contributed by atoms with E-state index in [1.807, 2.05) is 227 Å². The van der Waals surface area contributed by atoms with Crippen molar-refractivity contribution in [3.05, 3.63) is 176 Å². The number of anilines is 4. The first-order chi connectivity index (χ1) is 45.9. The van der Waals surface area contributed by atoms with Crippen LogP contribution in [0.2, 0.25) is 0 Å². The van der Waals surface area contributed by atoms with E-state index in [-0.39, 0.29) is 80.1 Å². The number of para-hydroxylation sites is 2. The van der Waals surface area contributed by atoms with Crippen molar-refractivity contribution in [2.45, 2.75) is 261 Å². The number of aromatic hydroxyl groups is 4. The summed E-state index contributed by atoms with van der Waals surface area (Å²) >= 11 is 0. The number of ether oxygens (including phenoxy) is 4. The number of phenols is 4. The summed E-state index contributed by atoms with van der Waals surface area (Å²) in [4.78, 5) is 62.7. The molecule has 0 aliphatic rings. The Morgan fingerprint density at radius 3 is 0.670 bits per heavy atom. The third kappa shape index (κ3) is 19.0. The summed E-state index contributed by atoms with van der Waals surface area (Å²) in [6.07, 6.45) is -0.517. The summed E-state index contributed by atoms with van der Waals surface area (Å²) in [5.41, 5.74) is 12.3. The van der Waals surface area contributed by atoms with E-state index in [9.17, 15) is 20.4 Å². The Morgan fingerprint density at radius 2 is 0.490 bits per heavy atom. The molecule has 0 heterocycles. The van der Waals surface area contributed by atoms with E-state index in [0.717, 1.165) is 22.3 Å². The molecule has 14 heteroatoms. The van der Waals surface area contributed by atoms with Gasteiger partial charge in [0.05, 0.1) is 0 Å². The molecular formula is C86H112N2O12. The first-order valence-electron chi connectivity index (χ1n) is 35.1. The average Bonchev–Trinajstić information content (AvgIpc) is 0.750. The first kappa shape index (κ1) is 78.6. The molecule has 0 aliphatic heterocycles. The number of esters is 4. The highest BCUT2D eigenvalue weighted by molar-refractivity contribution is 5.98. The van der Waals surface area contributed by atoms with Gasteiger partial charge in [-0.3, -0.25) is 19.2 Å². The summed E-state index contributed by atoms with van der Waals surface area (Å²) in [7, 11) is 0. The first-order valence-corrected chi connectivity index (χ1v) is 35.1. The maximum atomic E-state index is 15.3. The molecule has 0 atom stereocenters. The van der Waals surface area contributed by atoms with Gasteiger partial charge in [0.25, 0.3) is 0 Å². The van der Waals surface area contributed by atoms with Crippen molar-refractivity contribution in [3.63, 3.8) is 0 Å². The standard InChI is InChI=1S/C86H112N2O12/c1-79(2,3)57-43-51(44-58(71(57)93)80(4,5)6)35-39-65(89)97-75-69(87)76(98-66(90)40-36-52-45-59(81(7,8)9)72(94)60(46-52)82(10,11)12)78(100-68(92)42-38-54-49-63(85(19,20)21)74(96)64(50-54)86(22,23)24)70(88(55-31-27-25-28-32-55)56-33-29-26-30-34-56)77(75)99-67(91)41-37-53-47-61(83(13,14)15)73(95)62(48-53)84(16,17)18/h25-34,43-50,93-96H,35-42,87H2,1-24H3. The summed E-state index contributed by atoms with van der Waals surface area (Å²) in [6, 6.07) is 33.1. The lowest BCUT2D eigenvalue weighted by Gasteiger charge is -2.31. The minimum atomic E-state index is -0.825. The van der Waals surface area contributed by atoms with Gasteiger partial charge in [-0.15, -0.1) is 0 Å². The van der Waals surface area contributed by atoms with Crippen molar-refractivity contribution in [2.75, 3.05) is 10.6 Å². The second-order valence-corrected chi connectivity index (χ2v) is 35.1. The number of carbonyl (C=O) groups is 4. The van der Waals surface area contributed by atoms with Gasteiger partial charge in [-0.05, 0) is 160 Å². The van der Waals surface area contributed by atoms with Gasteiger partial charge < -0.3 is 50.0 Å². The van der Waals surface area contributed by atoms with Gasteiger partial charge in [-0.2, -0.15) is 0 Å². The van der Waals surface area contributed by atoms with E-state index >= 15 is 19.2 Å². The topological polar surface area (TPSA) is 215 Å². The monoisotopic (exact) mass is 1360 g/mol. The van der Waals surface area contributed by atoms with Crippen LogP contribution in [0.25, 0.3) is 0 Å². The van der Waals surface area contributed by atoms with Crippen LogP contribution in [0.3, 0.4) is 0 Å². The Kier molecular flexibility index (Phi) is 23.1. The SMILES string of the molecule is CC(C)(C)c1cc(CCC(=O)Oc2c(N)c(OC(=O)CCc3cc(C(C)(C)C)c(O)c(C(C)(C)C)c3)c(OC(=O)CCc3cc(C(C)(C)C)c(O)c(C(C)(C)C)c3)c(N(c3ccccc3)c3ccccc3)c2OC(=O)CCc2cc(C(C)(C)C)c(O)c(C(C)(C)C)c2)cc(C(C)(C)C)c1O. The number of hydrogen-bond acceptors (Lipinski definition) is 14. The molecule has 7 aromatic carbocycles. The summed E-state index contributed by atoms with van der Waals surface area (Å²) < 4.78 is 26.5. The van der Waals surface area contributed by atoms with Crippen LogP contribution in [0, 0.1) is 0 Å². The zero-order valence-corrected chi connectivity index (χ0v) is 64.1. The number of phenolic OH excluding ortho intramolecular Hbond substituents is 4. The maximum absolute atomic E-state index is 15.3. The lowest BCUT2D eigenvalue weighted by molar-refractivity contribution is -0.137. The number of aryl methyl sites for hydroxylation is 4. The fourth-order valence-corrected chi connectivity index (χ4v) is 12.4. The maximum Gasteiger partial charge on any atom is 0.311 e. The quantitative estimate of drug-likeness (QED) is 0.0289. The molecule has 0 spiro atoms. The van der Waals surface area contributed by atoms with Gasteiger partial charge in [-0.1, -0.05) is 251 Å². The summed E-state index contributed by atoms with van der Waals surface area (Å²) in [5, 5.41) is 46.8. The summed E-state index contributed by atoms with van der Waals surface area (Å²) in [5.74, 6) is -4.46. The van der Waals surface area contributed by atoms with Crippen molar-refractivity contribution >= 4 is 46.6 Å². The third-order valence-corrected chi connectivity index (χ3v) is 18.1. The fraction of sp³-hybridized carbons (Fsp3) is 0.465. The molecule has 0 saturated heterocycles. The highest BCUT2D eigenvalue weighted by Gasteiger charge is 2.39. The van der Waals surface area contributed by atoms with Gasteiger partial charge in [0.2, 0.25) is 23.0 Å². The predicted molar refractivity (Wildman–Crippen MR) is 403 cm³/mol. The van der Waals surface area contributed by atoms with Crippen molar-refractivity contribution < 1.29 is 58.6 Å². The second-order valence-electron chi connectivity index (χ2n) is 35.1. The molecule has 538 valence electrons. The molecular weight excluding hydrogens is 1250 g/mol. The van der Waals surface area contributed by atoms with Gasteiger partial charge in [-0.25, -0.2) is 0 Å². The highest BCUT2D eigenvalue weighted by Crippen LogP contribution is 2.59. The van der Waals surface area contributed by atoms with E-state index in [2.05, 4.69) is 0 Å². The Hall–Kier alpha value is -8.78. The van der Waals surface area contributed by atoms with E-state index in [1.54, 1.807) is 53.4 Å². The number of nitrogens with zero attached hydrogens (tertiary/aromatic N) is 1. The van der Waals surface area contributed by atoms with Crippen LogP contribution in [-0.4, -0.2) is 44.3 Å². The van der Waals surface area contributed by atoms with Crippen LogP contribution in [0.4, 0.5) is 22.7 Å². The molecule has 6 N–H and O–H groups in total. The Bertz CT molecular complexity index is 3760. The predicted octanol–water partition coefficient (Wildman–Crippen LogP) is 20.1. The number of nitrogens with two attached hydrogens (primary N) is 1. The number of benzene rings is 7. The summed E-state index contributed by atoms with van der Waals surface area (Å²) in [6.45, 7) is 48.2. The van der Waals surface area contributed by atoms with Crippen LogP contribution < -0.4 is 29.6 Å².